The molecular weight excluding hydrogens is 502 g/mol. The predicted octanol–water partition coefficient (Wildman–Crippen LogP) is 7.37. The highest BCUT2D eigenvalue weighted by Gasteiger charge is 2.39. The van der Waals surface area contributed by atoms with Crippen LogP contribution in [-0.4, -0.2) is 22.8 Å². The van der Waals surface area contributed by atoms with E-state index in [9.17, 15) is 19.7 Å². The van der Waals surface area contributed by atoms with Gasteiger partial charge >= 0.3 is 0 Å². The molecule has 0 unspecified atom stereocenters. The summed E-state index contributed by atoms with van der Waals surface area (Å²) < 4.78 is 0. The van der Waals surface area contributed by atoms with Crippen molar-refractivity contribution < 1.29 is 14.5 Å². The second kappa shape index (κ2) is 11.5. The summed E-state index contributed by atoms with van der Waals surface area (Å²) in [5.41, 5.74) is 4.49. The first-order valence-corrected chi connectivity index (χ1v) is 13.5. The molecule has 1 heterocycles. The minimum Gasteiger partial charge on any atom is -0.305 e. The fourth-order valence-corrected chi connectivity index (χ4v) is 5.47. The molecule has 202 valence electrons. The molecule has 2 amide bonds. The fraction of sp³-hybridized carbons (Fsp3) is 0.212. The number of amides is 2. The quantitative estimate of drug-likeness (QED) is 0.183. The van der Waals surface area contributed by atoms with E-state index in [1.54, 1.807) is 4.90 Å². The van der Waals surface area contributed by atoms with Crippen molar-refractivity contribution in [2.45, 2.75) is 45.2 Å². The van der Waals surface area contributed by atoms with Crippen molar-refractivity contribution in [2.75, 3.05) is 9.80 Å². The minimum absolute atomic E-state index is 0.0663. The number of fused-ring (bicyclic) bond motifs is 1. The summed E-state index contributed by atoms with van der Waals surface area (Å²) in [6.07, 6.45) is 2.52. The normalized spacial score (nSPS) is 16.2. The molecule has 5 rings (SSSR count). The Labute approximate surface area is 233 Å². The molecule has 0 saturated heterocycles. The third kappa shape index (κ3) is 5.23. The van der Waals surface area contributed by atoms with E-state index < -0.39 is 4.92 Å². The summed E-state index contributed by atoms with van der Waals surface area (Å²) >= 11 is 0. The lowest BCUT2D eigenvalue weighted by Gasteiger charge is -2.43. The van der Waals surface area contributed by atoms with E-state index in [4.69, 9.17) is 0 Å². The number of aryl methyl sites for hydroxylation is 1. The lowest BCUT2D eigenvalue weighted by molar-refractivity contribution is -0.384. The number of carbonyl (C=O) groups is 2. The summed E-state index contributed by atoms with van der Waals surface area (Å²) in [5, 5.41) is 11.1. The van der Waals surface area contributed by atoms with Gasteiger partial charge in [0.1, 0.15) is 0 Å². The molecule has 0 aliphatic carbocycles. The number of hydrogen-bond donors (Lipinski definition) is 0. The molecule has 1 aliphatic heterocycles. The molecule has 7 heteroatoms. The first kappa shape index (κ1) is 26.8. The van der Waals surface area contributed by atoms with E-state index in [-0.39, 0.29) is 29.6 Å². The van der Waals surface area contributed by atoms with E-state index in [1.165, 1.54) is 29.8 Å². The molecule has 0 saturated carbocycles. The van der Waals surface area contributed by atoms with Crippen LogP contribution in [0, 0.1) is 10.1 Å². The first-order valence-electron chi connectivity index (χ1n) is 13.5. The molecule has 7 nitrogen and oxygen atoms in total. The van der Waals surface area contributed by atoms with Gasteiger partial charge in [-0.1, -0.05) is 61.9 Å². The second-order valence-corrected chi connectivity index (χ2v) is 10.1. The molecule has 0 spiro atoms. The Kier molecular flexibility index (Phi) is 7.73. The van der Waals surface area contributed by atoms with Crippen LogP contribution in [0.4, 0.5) is 17.1 Å². The smallest absolute Gasteiger partial charge is 0.269 e. The van der Waals surface area contributed by atoms with Crippen LogP contribution in [0.5, 0.6) is 0 Å². The zero-order valence-corrected chi connectivity index (χ0v) is 22.6. The fourth-order valence-electron chi connectivity index (χ4n) is 5.47. The maximum atomic E-state index is 14.1. The monoisotopic (exact) mass is 533 g/mol. The number of nitro groups is 1. The molecule has 4 aromatic carbocycles. The lowest BCUT2D eigenvalue weighted by Crippen LogP contribution is -2.47. The van der Waals surface area contributed by atoms with Crippen LogP contribution in [-0.2, 0) is 6.42 Å². The number of benzene rings is 4. The molecular formula is C33H31N3O4. The van der Waals surface area contributed by atoms with Gasteiger partial charge in [-0.2, -0.15) is 0 Å². The standard InChI is InChI=1S/C33H31N3O4/c1-3-9-24-14-16-25(17-15-24)33(38)35(27-10-5-4-6-11-27)31-22-23(2)34(30-13-8-7-12-29(30)31)32(37)26-18-20-28(21-19-26)36(39)40/h4-8,10-21,23,31H,3,9,22H2,1-2H3/t23-,31-/m1/s1. The topological polar surface area (TPSA) is 83.8 Å². The number of nitro benzene ring substituents is 1. The van der Waals surface area contributed by atoms with E-state index in [1.807, 2.05) is 90.7 Å². The van der Waals surface area contributed by atoms with Gasteiger partial charge in [0.25, 0.3) is 17.5 Å². The number of rotatable bonds is 7. The Morgan fingerprint density at radius 2 is 1.50 bits per heavy atom. The summed E-state index contributed by atoms with van der Waals surface area (Å²) in [7, 11) is 0. The molecule has 0 radical (unpaired) electrons. The Morgan fingerprint density at radius 1 is 0.875 bits per heavy atom. The highest BCUT2D eigenvalue weighted by atomic mass is 16.6. The third-order valence-electron chi connectivity index (χ3n) is 7.41. The van der Waals surface area contributed by atoms with Gasteiger partial charge in [-0.05, 0) is 73.4 Å². The van der Waals surface area contributed by atoms with Crippen molar-refractivity contribution in [3.63, 3.8) is 0 Å². The molecule has 0 N–H and O–H groups in total. The van der Waals surface area contributed by atoms with Crippen LogP contribution >= 0.6 is 0 Å². The van der Waals surface area contributed by atoms with E-state index >= 15 is 0 Å². The zero-order chi connectivity index (χ0) is 28.2. The van der Waals surface area contributed by atoms with Gasteiger partial charge < -0.3 is 9.80 Å². The minimum atomic E-state index is -0.482. The Balaban J connectivity index is 1.55. The molecule has 0 bridgehead atoms. The maximum Gasteiger partial charge on any atom is 0.269 e. The number of carbonyl (C=O) groups excluding carboxylic acids is 2. The van der Waals surface area contributed by atoms with Crippen LogP contribution in [0.15, 0.2) is 103 Å². The first-order chi connectivity index (χ1) is 19.4. The van der Waals surface area contributed by atoms with Crippen LogP contribution in [0.1, 0.15) is 64.6 Å². The van der Waals surface area contributed by atoms with E-state index in [2.05, 4.69) is 6.92 Å². The van der Waals surface area contributed by atoms with E-state index in [0.717, 1.165) is 29.8 Å². The summed E-state index contributed by atoms with van der Waals surface area (Å²) in [6, 6.07) is 30.2. The van der Waals surface area contributed by atoms with Gasteiger partial charge in [-0.3, -0.25) is 19.7 Å². The Hall–Kier alpha value is -4.78. The Morgan fingerprint density at radius 3 is 2.15 bits per heavy atom. The van der Waals surface area contributed by atoms with Crippen molar-refractivity contribution in [3.8, 4) is 0 Å². The molecule has 0 fully saturated rings. The van der Waals surface area contributed by atoms with Crippen molar-refractivity contribution in [3.05, 3.63) is 135 Å². The average molecular weight is 534 g/mol. The van der Waals surface area contributed by atoms with Crippen LogP contribution in [0.2, 0.25) is 0 Å². The van der Waals surface area contributed by atoms with Crippen molar-refractivity contribution in [2.24, 2.45) is 0 Å². The summed E-state index contributed by atoms with van der Waals surface area (Å²) in [4.78, 5) is 42.1. The highest BCUT2D eigenvalue weighted by Crippen LogP contribution is 2.43. The summed E-state index contributed by atoms with van der Waals surface area (Å²) in [6.45, 7) is 4.10. The number of para-hydroxylation sites is 2. The SMILES string of the molecule is CCCc1ccc(C(=O)N(c2ccccc2)[C@@H]2C[C@@H](C)N(C(=O)c3ccc([N+](=O)[O-])cc3)c3ccccc32)cc1. The molecule has 4 aromatic rings. The lowest BCUT2D eigenvalue weighted by atomic mass is 9.89. The molecule has 2 atom stereocenters. The molecule has 0 aromatic heterocycles. The largest absolute Gasteiger partial charge is 0.305 e. The molecule has 1 aliphatic rings. The number of anilines is 2. The van der Waals surface area contributed by atoms with Crippen molar-refractivity contribution >= 4 is 28.9 Å². The van der Waals surface area contributed by atoms with E-state index in [0.29, 0.717) is 17.5 Å². The van der Waals surface area contributed by atoms with Gasteiger partial charge in [0.2, 0.25) is 0 Å². The van der Waals surface area contributed by atoms with Gasteiger partial charge in [0.05, 0.1) is 11.0 Å². The van der Waals surface area contributed by atoms with Crippen molar-refractivity contribution in [1.82, 2.24) is 0 Å². The van der Waals surface area contributed by atoms with Gasteiger partial charge in [0.15, 0.2) is 0 Å². The number of nitrogens with zero attached hydrogens (tertiary/aromatic N) is 3. The van der Waals surface area contributed by atoms with Gasteiger partial charge in [0, 0.05) is 40.7 Å². The van der Waals surface area contributed by atoms with Crippen LogP contribution < -0.4 is 9.80 Å². The number of hydrogen-bond acceptors (Lipinski definition) is 4. The zero-order valence-electron chi connectivity index (χ0n) is 22.6. The number of non-ortho nitro benzene ring substituents is 1. The Bertz CT molecular complexity index is 1520. The second-order valence-electron chi connectivity index (χ2n) is 10.1. The third-order valence-corrected chi connectivity index (χ3v) is 7.41. The van der Waals surface area contributed by atoms with Gasteiger partial charge in [-0.15, -0.1) is 0 Å². The average Bonchev–Trinajstić information content (AvgIpc) is 2.98. The highest BCUT2D eigenvalue weighted by molar-refractivity contribution is 6.09. The van der Waals surface area contributed by atoms with Crippen molar-refractivity contribution in [1.29, 1.82) is 0 Å². The summed E-state index contributed by atoms with van der Waals surface area (Å²) in [5.74, 6) is -0.339. The predicted molar refractivity (Wildman–Crippen MR) is 157 cm³/mol. The van der Waals surface area contributed by atoms with Crippen LogP contribution in [0.25, 0.3) is 0 Å². The molecule has 40 heavy (non-hydrogen) atoms. The van der Waals surface area contributed by atoms with Gasteiger partial charge in [-0.25, -0.2) is 0 Å². The van der Waals surface area contributed by atoms with Crippen LogP contribution in [0.3, 0.4) is 0 Å². The maximum absolute atomic E-state index is 14.1.